The van der Waals surface area contributed by atoms with Crippen LogP contribution in [0.2, 0.25) is 0 Å². The maximum Gasteiger partial charge on any atom is 0.270 e. The fourth-order valence-electron chi connectivity index (χ4n) is 0.973. The Labute approximate surface area is 83.1 Å². The number of nitro benzene ring substituents is 1. The van der Waals surface area contributed by atoms with E-state index in [2.05, 4.69) is 15.9 Å². The van der Waals surface area contributed by atoms with E-state index in [1.807, 2.05) is 6.07 Å². The van der Waals surface area contributed by atoms with E-state index in [-0.39, 0.29) is 5.69 Å². The highest BCUT2D eigenvalue weighted by molar-refractivity contribution is 9.10. The van der Waals surface area contributed by atoms with Crippen molar-refractivity contribution in [3.8, 4) is 6.07 Å². The van der Waals surface area contributed by atoms with Gasteiger partial charge in [-0.25, -0.2) is 0 Å². The van der Waals surface area contributed by atoms with Crippen LogP contribution in [-0.4, -0.2) is 4.92 Å². The van der Waals surface area contributed by atoms with Gasteiger partial charge in [-0.1, -0.05) is 0 Å². The van der Waals surface area contributed by atoms with Gasteiger partial charge < -0.3 is 0 Å². The van der Waals surface area contributed by atoms with Gasteiger partial charge in [-0.2, -0.15) is 5.26 Å². The van der Waals surface area contributed by atoms with Crippen molar-refractivity contribution in [2.75, 3.05) is 0 Å². The number of nitrogens with zero attached hydrogens (tertiary/aromatic N) is 2. The van der Waals surface area contributed by atoms with Crippen LogP contribution in [0, 0.1) is 28.4 Å². The van der Waals surface area contributed by atoms with Crippen LogP contribution < -0.4 is 0 Å². The summed E-state index contributed by atoms with van der Waals surface area (Å²) in [5.41, 5.74) is 1.03. The minimum atomic E-state index is -0.487. The topological polar surface area (TPSA) is 66.9 Å². The number of benzene rings is 1. The van der Waals surface area contributed by atoms with Crippen LogP contribution in [0.3, 0.4) is 0 Å². The Bertz CT molecular complexity index is 386. The Hall–Kier alpha value is -1.41. The van der Waals surface area contributed by atoms with Crippen molar-refractivity contribution in [3.05, 3.63) is 37.8 Å². The Balaban J connectivity index is 3.39. The molecule has 0 unspecified atom stereocenters. The van der Waals surface area contributed by atoms with Crippen molar-refractivity contribution < 1.29 is 4.92 Å². The predicted molar refractivity (Wildman–Crippen MR) is 50.2 cm³/mol. The highest BCUT2D eigenvalue weighted by Gasteiger charge is 2.11. The van der Waals surface area contributed by atoms with Crippen LogP contribution in [-0.2, 0) is 0 Å². The number of aryl methyl sites for hydroxylation is 1. The first-order valence-electron chi connectivity index (χ1n) is 3.41. The lowest BCUT2D eigenvalue weighted by Gasteiger charge is -1.99. The van der Waals surface area contributed by atoms with Crippen LogP contribution in [0.15, 0.2) is 16.6 Å². The first-order chi connectivity index (χ1) is 6.06. The SMILES string of the molecule is Cc1cc([N+](=O)[O-])cc(Br)c1C#N. The van der Waals surface area contributed by atoms with Crippen LogP contribution in [0.4, 0.5) is 5.69 Å². The van der Waals surface area contributed by atoms with E-state index in [1.165, 1.54) is 12.1 Å². The van der Waals surface area contributed by atoms with Gasteiger partial charge >= 0.3 is 0 Å². The minimum Gasteiger partial charge on any atom is -0.258 e. The second-order valence-corrected chi connectivity index (χ2v) is 3.34. The van der Waals surface area contributed by atoms with E-state index in [1.54, 1.807) is 6.92 Å². The molecule has 0 fully saturated rings. The molecule has 5 heteroatoms. The van der Waals surface area contributed by atoms with E-state index >= 15 is 0 Å². The third-order valence-electron chi connectivity index (χ3n) is 1.59. The fourth-order valence-corrected chi connectivity index (χ4v) is 1.61. The molecule has 0 N–H and O–H groups in total. The van der Waals surface area contributed by atoms with E-state index in [9.17, 15) is 10.1 Å². The number of nitro groups is 1. The fraction of sp³-hybridized carbons (Fsp3) is 0.125. The number of hydrogen-bond donors (Lipinski definition) is 0. The lowest BCUT2D eigenvalue weighted by atomic mass is 10.1. The zero-order chi connectivity index (χ0) is 10.0. The van der Waals surface area contributed by atoms with Crippen molar-refractivity contribution in [2.24, 2.45) is 0 Å². The van der Waals surface area contributed by atoms with Crippen molar-refractivity contribution in [3.63, 3.8) is 0 Å². The van der Waals surface area contributed by atoms with Gasteiger partial charge in [-0.15, -0.1) is 0 Å². The summed E-state index contributed by atoms with van der Waals surface area (Å²) < 4.78 is 0.460. The largest absolute Gasteiger partial charge is 0.270 e. The molecule has 0 radical (unpaired) electrons. The van der Waals surface area contributed by atoms with E-state index < -0.39 is 4.92 Å². The van der Waals surface area contributed by atoms with Crippen LogP contribution in [0.25, 0.3) is 0 Å². The molecule has 1 rings (SSSR count). The number of hydrogen-bond acceptors (Lipinski definition) is 3. The summed E-state index contributed by atoms with van der Waals surface area (Å²) in [6.45, 7) is 1.66. The lowest BCUT2D eigenvalue weighted by molar-refractivity contribution is -0.385. The van der Waals surface area contributed by atoms with E-state index in [0.29, 0.717) is 15.6 Å². The molecule has 4 nitrogen and oxygen atoms in total. The molecule has 1 aromatic rings. The zero-order valence-electron chi connectivity index (χ0n) is 6.74. The second kappa shape index (κ2) is 3.54. The van der Waals surface area contributed by atoms with Gasteiger partial charge in [-0.05, 0) is 28.4 Å². The molecule has 0 saturated carbocycles. The summed E-state index contributed by atoms with van der Waals surface area (Å²) in [6, 6.07) is 4.66. The highest BCUT2D eigenvalue weighted by Crippen LogP contribution is 2.25. The first-order valence-corrected chi connectivity index (χ1v) is 4.20. The summed E-state index contributed by atoms with van der Waals surface area (Å²) in [7, 11) is 0. The minimum absolute atomic E-state index is 0.0108. The zero-order valence-corrected chi connectivity index (χ0v) is 8.33. The Morgan fingerprint density at radius 2 is 2.23 bits per heavy atom. The molecular weight excluding hydrogens is 236 g/mol. The first kappa shape index (κ1) is 9.68. The smallest absolute Gasteiger partial charge is 0.258 e. The van der Waals surface area contributed by atoms with Gasteiger partial charge in [0.1, 0.15) is 6.07 Å². The Morgan fingerprint density at radius 1 is 1.62 bits per heavy atom. The quantitative estimate of drug-likeness (QED) is 0.560. The predicted octanol–water partition coefficient (Wildman–Crippen LogP) is 2.54. The van der Waals surface area contributed by atoms with Crippen molar-refractivity contribution in [1.82, 2.24) is 0 Å². The highest BCUT2D eigenvalue weighted by atomic mass is 79.9. The number of non-ortho nitro benzene ring substituents is 1. The van der Waals surface area contributed by atoms with E-state index in [0.717, 1.165) is 0 Å². The summed E-state index contributed by atoms with van der Waals surface area (Å²) in [5, 5.41) is 19.1. The van der Waals surface area contributed by atoms with Gasteiger partial charge in [0.05, 0.1) is 10.5 Å². The number of rotatable bonds is 1. The summed E-state index contributed by atoms with van der Waals surface area (Å²) in [5.74, 6) is 0. The summed E-state index contributed by atoms with van der Waals surface area (Å²) in [6.07, 6.45) is 0. The molecule has 0 saturated heterocycles. The van der Waals surface area contributed by atoms with Crippen LogP contribution in [0.1, 0.15) is 11.1 Å². The third-order valence-corrected chi connectivity index (χ3v) is 2.22. The van der Waals surface area contributed by atoms with Crippen molar-refractivity contribution in [1.29, 1.82) is 5.26 Å². The molecular formula is C8H5BrN2O2. The lowest BCUT2D eigenvalue weighted by Crippen LogP contribution is -1.91. The third kappa shape index (κ3) is 1.84. The normalized spacial score (nSPS) is 9.31. The average Bonchev–Trinajstić information content (AvgIpc) is 2.03. The molecule has 0 aliphatic carbocycles. The molecule has 0 atom stereocenters. The van der Waals surface area contributed by atoms with Crippen molar-refractivity contribution in [2.45, 2.75) is 6.92 Å². The molecule has 0 aliphatic heterocycles. The maximum atomic E-state index is 10.4. The molecule has 66 valence electrons. The van der Waals surface area contributed by atoms with Gasteiger partial charge in [0.15, 0.2) is 0 Å². The van der Waals surface area contributed by atoms with Crippen LogP contribution in [0.5, 0.6) is 0 Å². The van der Waals surface area contributed by atoms with Gasteiger partial charge in [-0.3, -0.25) is 10.1 Å². The molecule has 13 heavy (non-hydrogen) atoms. The van der Waals surface area contributed by atoms with Gasteiger partial charge in [0.2, 0.25) is 0 Å². The number of nitriles is 1. The maximum absolute atomic E-state index is 10.4. The van der Waals surface area contributed by atoms with Gasteiger partial charge in [0, 0.05) is 16.6 Å². The standard InChI is InChI=1S/C8H5BrN2O2/c1-5-2-6(11(12)13)3-8(9)7(5)4-10/h2-3H,1H3. The molecule has 0 bridgehead atoms. The molecule has 1 aromatic carbocycles. The average molecular weight is 241 g/mol. The van der Waals surface area contributed by atoms with E-state index in [4.69, 9.17) is 5.26 Å². The summed E-state index contributed by atoms with van der Waals surface area (Å²) in [4.78, 5) is 9.92. The summed E-state index contributed by atoms with van der Waals surface area (Å²) >= 11 is 3.10. The molecule has 0 aromatic heterocycles. The van der Waals surface area contributed by atoms with Crippen LogP contribution >= 0.6 is 15.9 Å². The van der Waals surface area contributed by atoms with Crippen molar-refractivity contribution >= 4 is 21.6 Å². The monoisotopic (exact) mass is 240 g/mol. The Kier molecular flexibility index (Phi) is 2.63. The molecule has 0 amide bonds. The Morgan fingerprint density at radius 3 is 2.62 bits per heavy atom. The number of halogens is 1. The molecule has 0 heterocycles. The second-order valence-electron chi connectivity index (χ2n) is 2.49. The molecule has 0 spiro atoms. The molecule has 0 aliphatic rings. The van der Waals surface area contributed by atoms with Gasteiger partial charge in [0.25, 0.3) is 5.69 Å².